The molecule has 1 aliphatic carbocycles. The summed E-state index contributed by atoms with van der Waals surface area (Å²) in [6.07, 6.45) is 8.90. The molecule has 1 saturated carbocycles. The van der Waals surface area contributed by atoms with Gasteiger partial charge in [0.1, 0.15) is 5.82 Å². The van der Waals surface area contributed by atoms with Crippen molar-refractivity contribution in [2.75, 3.05) is 11.9 Å². The molecule has 0 amide bonds. The molecule has 0 unspecified atom stereocenters. The summed E-state index contributed by atoms with van der Waals surface area (Å²) in [5.74, 6) is 2.28. The Bertz CT molecular complexity index is 584. The van der Waals surface area contributed by atoms with E-state index in [1.54, 1.807) is 4.68 Å². The van der Waals surface area contributed by atoms with Crippen molar-refractivity contribution in [3.05, 3.63) is 24.2 Å². The molecule has 0 atom stereocenters. The first-order chi connectivity index (χ1) is 9.76. The first-order valence-electron chi connectivity index (χ1n) is 7.38. The largest absolute Gasteiger partial charge is 0.370 e. The van der Waals surface area contributed by atoms with Crippen molar-refractivity contribution < 1.29 is 0 Å². The van der Waals surface area contributed by atoms with Crippen molar-refractivity contribution in [1.82, 2.24) is 19.7 Å². The third kappa shape index (κ3) is 2.66. The lowest BCUT2D eigenvalue weighted by Crippen LogP contribution is -2.06. The van der Waals surface area contributed by atoms with Crippen LogP contribution < -0.4 is 5.32 Å². The Balaban J connectivity index is 1.99. The second-order valence-corrected chi connectivity index (χ2v) is 5.42. The molecule has 2 aromatic heterocycles. The zero-order valence-corrected chi connectivity index (χ0v) is 12.1. The normalized spacial score (nSPS) is 15.7. The van der Waals surface area contributed by atoms with Crippen LogP contribution in [0.15, 0.2) is 18.5 Å². The highest BCUT2D eigenvalue weighted by atomic mass is 15.2. The van der Waals surface area contributed by atoms with Gasteiger partial charge in [-0.2, -0.15) is 5.10 Å². The van der Waals surface area contributed by atoms with Gasteiger partial charge in [-0.25, -0.2) is 9.97 Å². The second kappa shape index (κ2) is 5.61. The van der Waals surface area contributed by atoms with Crippen molar-refractivity contribution in [2.24, 2.45) is 7.05 Å². The molecule has 0 spiro atoms. The Hall–Kier alpha value is -1.91. The number of nitrogens with one attached hydrogen (secondary N) is 1. The summed E-state index contributed by atoms with van der Waals surface area (Å²) in [4.78, 5) is 9.38. The SMILES string of the molecule is CCNc1cc(C2CCCC2)nc(-c2cnn(C)c2)n1. The molecular formula is C15H21N5. The number of aryl methyl sites for hydroxylation is 1. The number of nitrogens with zero attached hydrogens (tertiary/aromatic N) is 4. The molecule has 1 aliphatic rings. The molecular weight excluding hydrogens is 250 g/mol. The fourth-order valence-corrected chi connectivity index (χ4v) is 2.83. The van der Waals surface area contributed by atoms with Gasteiger partial charge in [-0.3, -0.25) is 4.68 Å². The minimum atomic E-state index is 0.589. The standard InChI is InChI=1S/C15H21N5/c1-3-16-14-8-13(11-6-4-5-7-11)18-15(19-14)12-9-17-20(2)10-12/h8-11H,3-7H2,1-2H3,(H,16,18,19). The van der Waals surface area contributed by atoms with Gasteiger partial charge in [0.15, 0.2) is 5.82 Å². The minimum Gasteiger partial charge on any atom is -0.370 e. The van der Waals surface area contributed by atoms with E-state index < -0.39 is 0 Å². The molecule has 0 aromatic carbocycles. The predicted molar refractivity (Wildman–Crippen MR) is 79.6 cm³/mol. The number of anilines is 1. The molecule has 0 saturated heterocycles. The highest BCUT2D eigenvalue weighted by Crippen LogP contribution is 2.34. The first kappa shape index (κ1) is 13.1. The van der Waals surface area contributed by atoms with E-state index >= 15 is 0 Å². The van der Waals surface area contributed by atoms with E-state index in [4.69, 9.17) is 4.98 Å². The van der Waals surface area contributed by atoms with Crippen molar-refractivity contribution in [1.29, 1.82) is 0 Å². The van der Waals surface area contributed by atoms with Gasteiger partial charge in [0, 0.05) is 37.5 Å². The van der Waals surface area contributed by atoms with E-state index in [0.29, 0.717) is 5.92 Å². The lowest BCUT2D eigenvalue weighted by Gasteiger charge is -2.12. The molecule has 5 nitrogen and oxygen atoms in total. The number of aromatic nitrogens is 4. The van der Waals surface area contributed by atoms with Crippen molar-refractivity contribution in [2.45, 2.75) is 38.5 Å². The highest BCUT2D eigenvalue weighted by Gasteiger charge is 2.20. The lowest BCUT2D eigenvalue weighted by atomic mass is 10.0. The molecule has 1 N–H and O–H groups in total. The van der Waals surface area contributed by atoms with Gasteiger partial charge in [0.2, 0.25) is 0 Å². The maximum absolute atomic E-state index is 4.78. The van der Waals surface area contributed by atoms with Gasteiger partial charge in [0.25, 0.3) is 0 Å². The van der Waals surface area contributed by atoms with Crippen LogP contribution in [0.1, 0.15) is 44.2 Å². The summed E-state index contributed by atoms with van der Waals surface area (Å²) in [5, 5.41) is 7.52. The molecule has 0 aliphatic heterocycles. The lowest BCUT2D eigenvalue weighted by molar-refractivity contribution is 0.695. The molecule has 5 heteroatoms. The van der Waals surface area contributed by atoms with Gasteiger partial charge in [0.05, 0.1) is 11.8 Å². The number of hydrogen-bond donors (Lipinski definition) is 1. The van der Waals surface area contributed by atoms with Crippen LogP contribution in [0.4, 0.5) is 5.82 Å². The first-order valence-corrected chi connectivity index (χ1v) is 7.38. The molecule has 2 aromatic rings. The van der Waals surface area contributed by atoms with Crippen LogP contribution in [-0.4, -0.2) is 26.3 Å². The zero-order valence-electron chi connectivity index (χ0n) is 12.1. The van der Waals surface area contributed by atoms with Gasteiger partial charge in [-0.05, 0) is 19.8 Å². The summed E-state index contributed by atoms with van der Waals surface area (Å²) < 4.78 is 1.79. The molecule has 2 heterocycles. The maximum Gasteiger partial charge on any atom is 0.164 e. The summed E-state index contributed by atoms with van der Waals surface area (Å²) in [7, 11) is 1.91. The Morgan fingerprint density at radius 1 is 1.30 bits per heavy atom. The quantitative estimate of drug-likeness (QED) is 0.929. The molecule has 0 bridgehead atoms. The van der Waals surface area contributed by atoms with Crippen LogP contribution in [0.3, 0.4) is 0 Å². The van der Waals surface area contributed by atoms with Crippen LogP contribution >= 0.6 is 0 Å². The predicted octanol–water partition coefficient (Wildman–Crippen LogP) is 2.97. The number of hydrogen-bond acceptors (Lipinski definition) is 4. The average Bonchev–Trinajstić information content (AvgIpc) is 3.09. The Morgan fingerprint density at radius 3 is 2.75 bits per heavy atom. The Morgan fingerprint density at radius 2 is 2.10 bits per heavy atom. The molecule has 0 radical (unpaired) electrons. The van der Waals surface area contributed by atoms with Crippen molar-refractivity contribution in [3.63, 3.8) is 0 Å². The fourth-order valence-electron chi connectivity index (χ4n) is 2.83. The van der Waals surface area contributed by atoms with Crippen LogP contribution in [0, 0.1) is 0 Å². The minimum absolute atomic E-state index is 0.589. The summed E-state index contributed by atoms with van der Waals surface area (Å²) in [6.45, 7) is 2.95. The van der Waals surface area contributed by atoms with Crippen LogP contribution in [0.25, 0.3) is 11.4 Å². The van der Waals surface area contributed by atoms with Crippen molar-refractivity contribution in [3.8, 4) is 11.4 Å². The summed E-state index contributed by atoms with van der Waals surface area (Å²) >= 11 is 0. The van der Waals surface area contributed by atoms with E-state index in [1.165, 1.54) is 31.4 Å². The van der Waals surface area contributed by atoms with Gasteiger partial charge in [-0.15, -0.1) is 0 Å². The summed E-state index contributed by atoms with van der Waals surface area (Å²) in [5.41, 5.74) is 2.15. The van der Waals surface area contributed by atoms with E-state index in [1.807, 2.05) is 19.4 Å². The smallest absolute Gasteiger partial charge is 0.164 e. The van der Waals surface area contributed by atoms with Crippen LogP contribution in [-0.2, 0) is 7.05 Å². The topological polar surface area (TPSA) is 55.6 Å². The summed E-state index contributed by atoms with van der Waals surface area (Å²) in [6, 6.07) is 2.11. The third-order valence-electron chi connectivity index (χ3n) is 3.84. The maximum atomic E-state index is 4.78. The Kier molecular flexibility index (Phi) is 3.67. The third-order valence-corrected chi connectivity index (χ3v) is 3.84. The zero-order chi connectivity index (χ0) is 13.9. The second-order valence-electron chi connectivity index (χ2n) is 5.42. The Labute approximate surface area is 119 Å². The van der Waals surface area contributed by atoms with E-state index in [9.17, 15) is 0 Å². The van der Waals surface area contributed by atoms with Crippen LogP contribution in [0.5, 0.6) is 0 Å². The highest BCUT2D eigenvalue weighted by molar-refractivity contribution is 5.56. The van der Waals surface area contributed by atoms with Gasteiger partial charge in [-0.1, -0.05) is 12.8 Å². The molecule has 1 fully saturated rings. The van der Waals surface area contributed by atoms with E-state index in [0.717, 1.165) is 23.8 Å². The monoisotopic (exact) mass is 271 g/mol. The average molecular weight is 271 g/mol. The van der Waals surface area contributed by atoms with Crippen molar-refractivity contribution >= 4 is 5.82 Å². The fraction of sp³-hybridized carbons (Fsp3) is 0.533. The van der Waals surface area contributed by atoms with E-state index in [-0.39, 0.29) is 0 Å². The number of rotatable bonds is 4. The molecule has 3 rings (SSSR count). The van der Waals surface area contributed by atoms with Gasteiger partial charge >= 0.3 is 0 Å². The molecule has 106 valence electrons. The molecule has 20 heavy (non-hydrogen) atoms. The van der Waals surface area contributed by atoms with Gasteiger partial charge < -0.3 is 5.32 Å². The van der Waals surface area contributed by atoms with Crippen LogP contribution in [0.2, 0.25) is 0 Å². The van der Waals surface area contributed by atoms with E-state index in [2.05, 4.69) is 28.4 Å².